The highest BCUT2D eigenvalue weighted by atomic mass is 16.4. The van der Waals surface area contributed by atoms with Gasteiger partial charge in [-0.25, -0.2) is 14.4 Å². The van der Waals surface area contributed by atoms with Crippen LogP contribution in [-0.4, -0.2) is 33.2 Å². The largest absolute Gasteiger partial charge is 0.478 e. The maximum Gasteiger partial charge on any atom is 0.331 e. The molecule has 0 aliphatic rings. The maximum atomic E-state index is 11.0. The fraction of sp³-hybridized carbons (Fsp3) is 0.167. The molecule has 6 nitrogen and oxygen atoms in total. The molecule has 0 unspecified atom stereocenters. The molecule has 6 heteroatoms. The highest BCUT2D eigenvalue weighted by molar-refractivity contribution is 5.95. The summed E-state index contributed by atoms with van der Waals surface area (Å²) < 4.78 is 0. The number of carbonyl (C=O) groups is 3. The van der Waals surface area contributed by atoms with Crippen LogP contribution in [-0.2, 0) is 14.4 Å². The zero-order valence-corrected chi connectivity index (χ0v) is 13.5. The van der Waals surface area contributed by atoms with Crippen LogP contribution in [0.15, 0.2) is 34.9 Å². The molecule has 0 amide bonds. The number of rotatable bonds is 6. The van der Waals surface area contributed by atoms with Gasteiger partial charge in [-0.3, -0.25) is 0 Å². The Bertz CT molecular complexity index is 781. The fourth-order valence-electron chi connectivity index (χ4n) is 1.84. The molecule has 0 bridgehead atoms. The molecule has 0 radical (unpaired) electrons. The van der Waals surface area contributed by atoms with Crippen molar-refractivity contribution in [2.75, 3.05) is 0 Å². The lowest BCUT2D eigenvalue weighted by Gasteiger charge is -2.06. The Morgan fingerprint density at radius 3 is 1.58 bits per heavy atom. The van der Waals surface area contributed by atoms with E-state index in [4.69, 9.17) is 15.3 Å². The van der Waals surface area contributed by atoms with E-state index in [1.807, 2.05) is 0 Å². The predicted molar refractivity (Wildman–Crippen MR) is 90.3 cm³/mol. The Labute approximate surface area is 139 Å². The topological polar surface area (TPSA) is 112 Å². The van der Waals surface area contributed by atoms with Gasteiger partial charge in [0.15, 0.2) is 0 Å². The molecule has 0 saturated carbocycles. The van der Waals surface area contributed by atoms with Gasteiger partial charge in [0, 0.05) is 16.7 Å². The lowest BCUT2D eigenvalue weighted by molar-refractivity contribution is -0.133. The molecule has 1 aromatic carbocycles. The van der Waals surface area contributed by atoms with Crippen LogP contribution in [0.4, 0.5) is 0 Å². The van der Waals surface area contributed by atoms with Gasteiger partial charge in [-0.2, -0.15) is 0 Å². The number of carboxylic acid groups (broad SMARTS) is 3. The Hall–Kier alpha value is -3.15. The standard InChI is InChI=1S/C18H18O6/c1-10(16(19)20)6-13-4-5-14(7-11(2)17(21)22)15(9-13)8-12(3)18(23)24/h4-9H,1-3H3,(H,19,20)(H,21,22)(H,23,24). The smallest absolute Gasteiger partial charge is 0.331 e. The lowest BCUT2D eigenvalue weighted by atomic mass is 9.99. The van der Waals surface area contributed by atoms with Crippen molar-refractivity contribution in [3.05, 3.63) is 51.6 Å². The second-order valence-corrected chi connectivity index (χ2v) is 5.29. The third-order valence-electron chi connectivity index (χ3n) is 3.25. The minimum Gasteiger partial charge on any atom is -0.478 e. The first-order chi connectivity index (χ1) is 11.1. The average molecular weight is 330 g/mol. The summed E-state index contributed by atoms with van der Waals surface area (Å²) in [6, 6.07) is 4.87. The van der Waals surface area contributed by atoms with Gasteiger partial charge >= 0.3 is 17.9 Å². The van der Waals surface area contributed by atoms with E-state index < -0.39 is 17.9 Å². The lowest BCUT2D eigenvalue weighted by Crippen LogP contribution is -1.99. The number of hydrogen-bond acceptors (Lipinski definition) is 3. The zero-order valence-electron chi connectivity index (χ0n) is 13.5. The van der Waals surface area contributed by atoms with Gasteiger partial charge in [-0.05, 0) is 61.8 Å². The summed E-state index contributed by atoms with van der Waals surface area (Å²) in [5.41, 5.74) is 1.90. The van der Waals surface area contributed by atoms with Crippen LogP contribution >= 0.6 is 0 Å². The molecule has 24 heavy (non-hydrogen) atoms. The van der Waals surface area contributed by atoms with Crippen molar-refractivity contribution in [1.29, 1.82) is 0 Å². The van der Waals surface area contributed by atoms with Crippen molar-refractivity contribution in [1.82, 2.24) is 0 Å². The van der Waals surface area contributed by atoms with E-state index in [9.17, 15) is 14.4 Å². The normalized spacial score (nSPS) is 12.9. The van der Waals surface area contributed by atoms with Gasteiger partial charge in [0.05, 0.1) is 0 Å². The molecule has 0 aliphatic carbocycles. The summed E-state index contributed by atoms with van der Waals surface area (Å²) in [5.74, 6) is -3.23. The van der Waals surface area contributed by atoms with Crippen molar-refractivity contribution >= 4 is 36.1 Å². The van der Waals surface area contributed by atoms with Crippen LogP contribution in [0.25, 0.3) is 18.2 Å². The highest BCUT2D eigenvalue weighted by Crippen LogP contribution is 2.21. The summed E-state index contributed by atoms with van der Waals surface area (Å²) in [5, 5.41) is 26.9. The monoisotopic (exact) mass is 330 g/mol. The second kappa shape index (κ2) is 7.92. The Morgan fingerprint density at radius 1 is 0.708 bits per heavy atom. The average Bonchev–Trinajstić information content (AvgIpc) is 2.49. The predicted octanol–water partition coefficient (Wildman–Crippen LogP) is 3.15. The van der Waals surface area contributed by atoms with Crippen LogP contribution in [0.1, 0.15) is 37.5 Å². The minimum absolute atomic E-state index is 0.0775. The molecule has 0 fully saturated rings. The summed E-state index contributed by atoms with van der Waals surface area (Å²) in [6.45, 7) is 4.30. The van der Waals surface area contributed by atoms with Gasteiger partial charge in [-0.1, -0.05) is 12.1 Å². The van der Waals surface area contributed by atoms with Gasteiger partial charge in [0.1, 0.15) is 0 Å². The number of aliphatic carboxylic acids is 3. The van der Waals surface area contributed by atoms with E-state index in [2.05, 4.69) is 0 Å². The first-order valence-electron chi connectivity index (χ1n) is 7.00. The van der Waals surface area contributed by atoms with E-state index in [-0.39, 0.29) is 16.7 Å². The molecular weight excluding hydrogens is 312 g/mol. The van der Waals surface area contributed by atoms with Crippen LogP contribution in [0, 0.1) is 0 Å². The number of carboxylic acids is 3. The van der Waals surface area contributed by atoms with Crippen molar-refractivity contribution in [3.63, 3.8) is 0 Å². The van der Waals surface area contributed by atoms with Crippen molar-refractivity contribution in [3.8, 4) is 0 Å². The summed E-state index contributed by atoms with van der Waals surface area (Å²) in [7, 11) is 0. The van der Waals surface area contributed by atoms with Crippen molar-refractivity contribution in [2.24, 2.45) is 0 Å². The van der Waals surface area contributed by atoms with Gasteiger partial charge in [-0.15, -0.1) is 0 Å². The van der Waals surface area contributed by atoms with Crippen LogP contribution in [0.2, 0.25) is 0 Å². The molecule has 3 N–H and O–H groups in total. The first-order valence-corrected chi connectivity index (χ1v) is 7.00. The summed E-state index contributed by atoms with van der Waals surface area (Å²) in [4.78, 5) is 32.9. The second-order valence-electron chi connectivity index (χ2n) is 5.29. The van der Waals surface area contributed by atoms with Gasteiger partial charge in [0.2, 0.25) is 0 Å². The summed E-state index contributed by atoms with van der Waals surface area (Å²) >= 11 is 0. The van der Waals surface area contributed by atoms with E-state index in [0.29, 0.717) is 16.7 Å². The molecule has 0 heterocycles. The molecule has 0 saturated heterocycles. The molecular formula is C18H18O6. The molecule has 1 aromatic rings. The van der Waals surface area contributed by atoms with Crippen LogP contribution in [0.3, 0.4) is 0 Å². The van der Waals surface area contributed by atoms with Crippen LogP contribution < -0.4 is 0 Å². The van der Waals surface area contributed by atoms with E-state index in [1.165, 1.54) is 39.0 Å². The molecule has 0 aliphatic heterocycles. The Kier molecular flexibility index (Phi) is 6.23. The van der Waals surface area contributed by atoms with Gasteiger partial charge in [0.25, 0.3) is 0 Å². The van der Waals surface area contributed by atoms with Gasteiger partial charge < -0.3 is 15.3 Å². The number of hydrogen-bond donors (Lipinski definition) is 3. The molecule has 1 rings (SSSR count). The quantitative estimate of drug-likeness (QED) is 0.691. The van der Waals surface area contributed by atoms with Crippen molar-refractivity contribution in [2.45, 2.75) is 20.8 Å². The van der Waals surface area contributed by atoms with E-state index in [1.54, 1.807) is 18.2 Å². The summed E-state index contributed by atoms with van der Waals surface area (Å²) in [6.07, 6.45) is 4.30. The van der Waals surface area contributed by atoms with E-state index >= 15 is 0 Å². The maximum absolute atomic E-state index is 11.0. The molecule has 0 spiro atoms. The molecule has 126 valence electrons. The first kappa shape index (κ1) is 18.9. The van der Waals surface area contributed by atoms with E-state index in [0.717, 1.165) is 0 Å². The SMILES string of the molecule is CC(=Cc1ccc(C=C(C)C(=O)O)c(C=C(C)C(=O)O)c1)C(=O)O. The minimum atomic E-state index is -1.09. The Balaban J connectivity index is 3.51. The molecule has 0 aromatic heterocycles. The number of benzene rings is 1. The molecule has 0 atom stereocenters. The fourth-order valence-corrected chi connectivity index (χ4v) is 1.84. The van der Waals surface area contributed by atoms with Crippen molar-refractivity contribution < 1.29 is 29.7 Å². The zero-order chi connectivity index (χ0) is 18.4. The Morgan fingerprint density at radius 2 is 1.12 bits per heavy atom. The van der Waals surface area contributed by atoms with Crippen LogP contribution in [0.5, 0.6) is 0 Å². The third kappa shape index (κ3) is 5.24. The highest BCUT2D eigenvalue weighted by Gasteiger charge is 2.07. The third-order valence-corrected chi connectivity index (χ3v) is 3.25.